The van der Waals surface area contributed by atoms with E-state index in [0.717, 1.165) is 12.3 Å². The van der Waals surface area contributed by atoms with Gasteiger partial charge in [-0.3, -0.25) is 4.79 Å². The molecular formula is C15H25NO2. The fourth-order valence-corrected chi connectivity index (χ4v) is 3.00. The van der Waals surface area contributed by atoms with Crippen molar-refractivity contribution in [3.63, 3.8) is 0 Å². The Kier molecular flexibility index (Phi) is 4.44. The summed E-state index contributed by atoms with van der Waals surface area (Å²) in [5, 5.41) is 2.94. The molecule has 1 aliphatic heterocycles. The number of carbonyl (C=O) groups excluding carboxylic acids is 1. The number of hydrogen-bond acceptors (Lipinski definition) is 2. The second-order valence-corrected chi connectivity index (χ2v) is 5.89. The molecule has 0 bridgehead atoms. The molecule has 1 amide bonds. The zero-order chi connectivity index (χ0) is 13.1. The van der Waals surface area contributed by atoms with Gasteiger partial charge in [0.15, 0.2) is 0 Å². The first kappa shape index (κ1) is 13.6. The number of carbonyl (C=O) groups is 1. The second kappa shape index (κ2) is 5.87. The van der Waals surface area contributed by atoms with Crippen LogP contribution in [0.4, 0.5) is 0 Å². The third kappa shape index (κ3) is 3.14. The van der Waals surface area contributed by atoms with Crippen molar-refractivity contribution in [2.75, 3.05) is 0 Å². The van der Waals surface area contributed by atoms with Gasteiger partial charge in [0.05, 0.1) is 18.2 Å². The molecule has 3 nitrogen and oxygen atoms in total. The topological polar surface area (TPSA) is 38.3 Å². The van der Waals surface area contributed by atoms with Crippen LogP contribution in [0.1, 0.15) is 52.4 Å². The Hall–Kier alpha value is -0.830. The van der Waals surface area contributed by atoms with E-state index in [1.165, 1.54) is 32.1 Å². The third-order valence-electron chi connectivity index (χ3n) is 4.29. The molecule has 3 unspecified atom stereocenters. The molecule has 0 radical (unpaired) electrons. The molecule has 0 aromatic heterocycles. The summed E-state index contributed by atoms with van der Waals surface area (Å²) in [5.74, 6) is 0.700. The lowest BCUT2D eigenvalue weighted by Crippen LogP contribution is -2.53. The SMILES string of the molecule is C=C(C)C(=O)NC(C)C1CC(C2CCCCC2)O1. The Balaban J connectivity index is 1.71. The van der Waals surface area contributed by atoms with Crippen molar-refractivity contribution < 1.29 is 9.53 Å². The predicted molar refractivity (Wildman–Crippen MR) is 72.3 cm³/mol. The molecule has 102 valence electrons. The summed E-state index contributed by atoms with van der Waals surface area (Å²) in [6.07, 6.45) is 8.49. The van der Waals surface area contributed by atoms with Crippen molar-refractivity contribution in [3.05, 3.63) is 12.2 Å². The quantitative estimate of drug-likeness (QED) is 0.780. The molecule has 0 aromatic carbocycles. The molecule has 1 saturated heterocycles. The fraction of sp³-hybridized carbons (Fsp3) is 0.800. The van der Waals surface area contributed by atoms with Gasteiger partial charge in [0, 0.05) is 12.0 Å². The minimum Gasteiger partial charge on any atom is -0.372 e. The monoisotopic (exact) mass is 251 g/mol. The first-order valence-electron chi connectivity index (χ1n) is 7.19. The summed E-state index contributed by atoms with van der Waals surface area (Å²) in [4.78, 5) is 11.5. The van der Waals surface area contributed by atoms with Gasteiger partial charge in [0.2, 0.25) is 5.91 Å². The van der Waals surface area contributed by atoms with Crippen LogP contribution >= 0.6 is 0 Å². The predicted octanol–water partition coefficient (Wildman–Crippen LogP) is 2.81. The van der Waals surface area contributed by atoms with E-state index in [-0.39, 0.29) is 18.1 Å². The largest absolute Gasteiger partial charge is 0.372 e. The summed E-state index contributed by atoms with van der Waals surface area (Å²) in [6, 6.07) is 0.0917. The maximum Gasteiger partial charge on any atom is 0.246 e. The molecule has 1 aliphatic carbocycles. The van der Waals surface area contributed by atoms with Crippen molar-refractivity contribution in [3.8, 4) is 0 Å². The average Bonchev–Trinajstić information content (AvgIpc) is 2.28. The fourth-order valence-electron chi connectivity index (χ4n) is 3.00. The Morgan fingerprint density at radius 3 is 2.50 bits per heavy atom. The molecule has 18 heavy (non-hydrogen) atoms. The van der Waals surface area contributed by atoms with Crippen molar-refractivity contribution in [2.45, 2.75) is 70.6 Å². The van der Waals surface area contributed by atoms with Crippen LogP contribution in [0.5, 0.6) is 0 Å². The van der Waals surface area contributed by atoms with Gasteiger partial charge in [0.25, 0.3) is 0 Å². The van der Waals surface area contributed by atoms with Crippen LogP contribution in [-0.2, 0) is 9.53 Å². The number of ether oxygens (including phenoxy) is 1. The van der Waals surface area contributed by atoms with E-state index >= 15 is 0 Å². The highest BCUT2D eigenvalue weighted by molar-refractivity contribution is 5.92. The van der Waals surface area contributed by atoms with Crippen molar-refractivity contribution in [1.82, 2.24) is 5.32 Å². The zero-order valence-electron chi connectivity index (χ0n) is 11.6. The lowest BCUT2D eigenvalue weighted by Gasteiger charge is -2.44. The van der Waals surface area contributed by atoms with Gasteiger partial charge in [0.1, 0.15) is 0 Å². The van der Waals surface area contributed by atoms with Crippen LogP contribution in [0, 0.1) is 5.92 Å². The van der Waals surface area contributed by atoms with E-state index in [4.69, 9.17) is 4.74 Å². The molecule has 3 atom stereocenters. The molecule has 2 aliphatic rings. The van der Waals surface area contributed by atoms with Crippen LogP contribution in [0.2, 0.25) is 0 Å². The Morgan fingerprint density at radius 2 is 1.94 bits per heavy atom. The number of amides is 1. The number of hydrogen-bond donors (Lipinski definition) is 1. The average molecular weight is 251 g/mol. The summed E-state index contributed by atoms with van der Waals surface area (Å²) in [7, 11) is 0. The smallest absolute Gasteiger partial charge is 0.246 e. The Labute approximate surface area is 110 Å². The Bertz CT molecular complexity index is 314. The van der Waals surface area contributed by atoms with E-state index in [2.05, 4.69) is 11.9 Å². The highest BCUT2D eigenvalue weighted by Crippen LogP contribution is 2.37. The van der Waals surface area contributed by atoms with Crippen molar-refractivity contribution in [1.29, 1.82) is 0 Å². The Morgan fingerprint density at radius 1 is 1.33 bits per heavy atom. The van der Waals surface area contributed by atoms with E-state index < -0.39 is 0 Å². The van der Waals surface area contributed by atoms with Crippen molar-refractivity contribution >= 4 is 5.91 Å². The van der Waals surface area contributed by atoms with Crippen LogP contribution in [0.3, 0.4) is 0 Å². The van der Waals surface area contributed by atoms with Gasteiger partial charge in [-0.2, -0.15) is 0 Å². The van der Waals surface area contributed by atoms with Crippen LogP contribution in [-0.4, -0.2) is 24.2 Å². The third-order valence-corrected chi connectivity index (χ3v) is 4.29. The maximum atomic E-state index is 11.5. The molecule has 0 aromatic rings. The first-order valence-corrected chi connectivity index (χ1v) is 7.19. The highest BCUT2D eigenvalue weighted by Gasteiger charge is 2.39. The molecule has 1 heterocycles. The molecule has 2 rings (SSSR count). The van der Waals surface area contributed by atoms with Crippen molar-refractivity contribution in [2.24, 2.45) is 5.92 Å². The molecule has 0 spiro atoms. The summed E-state index contributed by atoms with van der Waals surface area (Å²) in [5.41, 5.74) is 0.560. The number of nitrogens with one attached hydrogen (secondary N) is 1. The lowest BCUT2D eigenvalue weighted by molar-refractivity contribution is -0.167. The van der Waals surface area contributed by atoms with E-state index in [0.29, 0.717) is 11.7 Å². The normalized spacial score (nSPS) is 30.3. The van der Waals surface area contributed by atoms with Gasteiger partial charge < -0.3 is 10.1 Å². The summed E-state index contributed by atoms with van der Waals surface area (Å²) in [6.45, 7) is 7.39. The van der Waals surface area contributed by atoms with Gasteiger partial charge in [-0.1, -0.05) is 25.8 Å². The zero-order valence-corrected chi connectivity index (χ0v) is 11.6. The summed E-state index contributed by atoms with van der Waals surface area (Å²) >= 11 is 0. The van der Waals surface area contributed by atoms with Crippen LogP contribution < -0.4 is 5.32 Å². The second-order valence-electron chi connectivity index (χ2n) is 5.89. The van der Waals surface area contributed by atoms with E-state index in [1.54, 1.807) is 6.92 Å². The van der Waals surface area contributed by atoms with Gasteiger partial charge in [-0.25, -0.2) is 0 Å². The molecule has 2 fully saturated rings. The standard InChI is InChI=1S/C15H25NO2/c1-10(2)15(17)16-11(3)13-9-14(18-13)12-7-5-4-6-8-12/h11-14H,1,4-9H2,2-3H3,(H,16,17). The number of rotatable bonds is 4. The molecule has 1 N–H and O–H groups in total. The maximum absolute atomic E-state index is 11.5. The minimum absolute atomic E-state index is 0.0628. The van der Waals surface area contributed by atoms with E-state index in [1.807, 2.05) is 6.92 Å². The van der Waals surface area contributed by atoms with Gasteiger partial charge in [-0.15, -0.1) is 0 Å². The first-order chi connectivity index (χ1) is 8.58. The van der Waals surface area contributed by atoms with Gasteiger partial charge in [-0.05, 0) is 32.6 Å². The van der Waals surface area contributed by atoms with Crippen LogP contribution in [0.15, 0.2) is 12.2 Å². The highest BCUT2D eigenvalue weighted by atomic mass is 16.5. The lowest BCUT2D eigenvalue weighted by atomic mass is 9.80. The molecule has 1 saturated carbocycles. The van der Waals surface area contributed by atoms with Crippen LogP contribution in [0.25, 0.3) is 0 Å². The summed E-state index contributed by atoms with van der Waals surface area (Å²) < 4.78 is 5.98. The van der Waals surface area contributed by atoms with E-state index in [9.17, 15) is 4.79 Å². The molecular weight excluding hydrogens is 226 g/mol. The minimum atomic E-state index is -0.0628. The molecule has 3 heteroatoms. The van der Waals surface area contributed by atoms with Gasteiger partial charge >= 0.3 is 0 Å².